The van der Waals surface area contributed by atoms with Crippen LogP contribution in [0.1, 0.15) is 0 Å². The zero-order valence-electron chi connectivity index (χ0n) is 11.3. The van der Waals surface area contributed by atoms with Crippen molar-refractivity contribution >= 4 is 46.1 Å². The van der Waals surface area contributed by atoms with Crippen LogP contribution in [0.4, 0.5) is 5.95 Å². The Morgan fingerprint density at radius 2 is 2.05 bits per heavy atom. The van der Waals surface area contributed by atoms with Crippen molar-refractivity contribution in [1.82, 2.24) is 9.97 Å². The Hall–Kier alpha value is -2.24. The summed E-state index contributed by atoms with van der Waals surface area (Å²) in [5, 5.41) is 3.50. The molecule has 0 radical (unpaired) electrons. The summed E-state index contributed by atoms with van der Waals surface area (Å²) in [6, 6.07) is 12.3. The van der Waals surface area contributed by atoms with Gasteiger partial charge in [0.2, 0.25) is 5.95 Å². The minimum Gasteiger partial charge on any atom is -0.482 e. The van der Waals surface area contributed by atoms with E-state index in [0.29, 0.717) is 21.7 Å². The third-order valence-corrected chi connectivity index (χ3v) is 3.45. The van der Waals surface area contributed by atoms with E-state index in [1.807, 2.05) is 24.3 Å². The Balaban J connectivity index is 1.63. The summed E-state index contributed by atoms with van der Waals surface area (Å²) in [6.45, 7) is -0.197. The summed E-state index contributed by atoms with van der Waals surface area (Å²) in [5.41, 5.74) is 1.62. The molecule has 0 aliphatic rings. The van der Waals surface area contributed by atoms with Crippen LogP contribution in [0.5, 0.6) is 5.75 Å². The van der Waals surface area contributed by atoms with Crippen molar-refractivity contribution in [3.05, 3.63) is 52.5 Å². The maximum absolute atomic E-state index is 11.9. The van der Waals surface area contributed by atoms with E-state index in [2.05, 4.69) is 15.3 Å². The number of benzene rings is 2. The Kier molecular flexibility index (Phi) is 4.18. The lowest BCUT2D eigenvalue weighted by molar-refractivity contribution is -0.118. The predicted molar refractivity (Wildman–Crippen MR) is 86.7 cm³/mol. The van der Waals surface area contributed by atoms with Crippen molar-refractivity contribution < 1.29 is 9.53 Å². The van der Waals surface area contributed by atoms with Crippen LogP contribution in [-0.2, 0) is 4.79 Å². The van der Waals surface area contributed by atoms with Crippen molar-refractivity contribution in [3.63, 3.8) is 0 Å². The number of rotatable bonds is 4. The van der Waals surface area contributed by atoms with E-state index in [1.165, 1.54) is 0 Å². The Labute approximate surface area is 136 Å². The van der Waals surface area contributed by atoms with Crippen LogP contribution in [0.25, 0.3) is 11.0 Å². The second kappa shape index (κ2) is 6.25. The number of halogens is 2. The Morgan fingerprint density at radius 1 is 1.23 bits per heavy atom. The first-order valence-corrected chi connectivity index (χ1v) is 7.20. The highest BCUT2D eigenvalue weighted by Crippen LogP contribution is 2.27. The smallest absolute Gasteiger partial charge is 0.264 e. The standard InChI is InChI=1S/C15H11Cl2N3O2/c16-9-5-6-10(17)13(7-9)22-8-14(21)20-15-18-11-3-1-2-4-12(11)19-15/h1-7H,8H2,(H2,18,19,20,21). The van der Waals surface area contributed by atoms with Gasteiger partial charge in [-0.05, 0) is 24.3 Å². The molecule has 0 saturated carbocycles. The van der Waals surface area contributed by atoms with Crippen molar-refractivity contribution in [1.29, 1.82) is 0 Å². The first kappa shape index (κ1) is 14.7. The lowest BCUT2D eigenvalue weighted by Gasteiger charge is -2.07. The Bertz CT molecular complexity index is 800. The SMILES string of the molecule is O=C(COc1cc(Cl)ccc1Cl)Nc1nc2ccccc2[nH]1. The van der Waals surface area contributed by atoms with E-state index in [4.69, 9.17) is 27.9 Å². The molecule has 2 aromatic carbocycles. The van der Waals surface area contributed by atoms with E-state index < -0.39 is 0 Å². The third kappa shape index (κ3) is 3.32. The van der Waals surface area contributed by atoms with Gasteiger partial charge in [0.1, 0.15) is 5.75 Å². The minimum absolute atomic E-state index is 0.197. The molecule has 2 N–H and O–H groups in total. The molecule has 0 aliphatic carbocycles. The molecule has 0 spiro atoms. The zero-order valence-corrected chi connectivity index (χ0v) is 12.8. The second-order valence-electron chi connectivity index (χ2n) is 4.51. The van der Waals surface area contributed by atoms with Gasteiger partial charge in [-0.3, -0.25) is 10.1 Å². The van der Waals surface area contributed by atoms with Gasteiger partial charge < -0.3 is 9.72 Å². The highest BCUT2D eigenvalue weighted by molar-refractivity contribution is 6.34. The quantitative estimate of drug-likeness (QED) is 0.760. The van der Waals surface area contributed by atoms with E-state index >= 15 is 0 Å². The fraction of sp³-hybridized carbons (Fsp3) is 0.0667. The lowest BCUT2D eigenvalue weighted by Crippen LogP contribution is -2.20. The van der Waals surface area contributed by atoms with Crippen LogP contribution >= 0.6 is 23.2 Å². The number of anilines is 1. The van der Waals surface area contributed by atoms with E-state index in [9.17, 15) is 4.79 Å². The molecule has 0 unspecified atom stereocenters. The second-order valence-corrected chi connectivity index (χ2v) is 5.36. The minimum atomic E-state index is -0.352. The van der Waals surface area contributed by atoms with Crippen LogP contribution in [0.15, 0.2) is 42.5 Å². The molecule has 1 amide bonds. The van der Waals surface area contributed by atoms with Crippen LogP contribution in [0, 0.1) is 0 Å². The molecule has 0 bridgehead atoms. The lowest BCUT2D eigenvalue weighted by atomic mass is 10.3. The normalized spacial score (nSPS) is 10.6. The molecule has 5 nitrogen and oxygen atoms in total. The van der Waals surface area contributed by atoms with E-state index in [0.717, 1.165) is 11.0 Å². The van der Waals surface area contributed by atoms with Crippen molar-refractivity contribution in [2.24, 2.45) is 0 Å². The van der Waals surface area contributed by atoms with Gasteiger partial charge in [0.25, 0.3) is 5.91 Å². The number of fused-ring (bicyclic) bond motifs is 1. The fourth-order valence-electron chi connectivity index (χ4n) is 1.91. The maximum Gasteiger partial charge on any atom is 0.264 e. The van der Waals surface area contributed by atoms with Crippen molar-refractivity contribution in [3.8, 4) is 5.75 Å². The summed E-state index contributed by atoms with van der Waals surface area (Å²) in [6.07, 6.45) is 0. The first-order valence-electron chi connectivity index (χ1n) is 6.44. The molecule has 7 heteroatoms. The molecule has 0 aliphatic heterocycles. The van der Waals surface area contributed by atoms with Crippen LogP contribution in [-0.4, -0.2) is 22.5 Å². The molecule has 112 valence electrons. The van der Waals surface area contributed by atoms with Gasteiger partial charge in [0.05, 0.1) is 16.1 Å². The molecule has 1 heterocycles. The number of hydrogen-bond donors (Lipinski definition) is 2. The fourth-order valence-corrected chi connectivity index (χ4v) is 2.25. The number of aromatic amines is 1. The average molecular weight is 336 g/mol. The molecule has 1 aromatic heterocycles. The summed E-state index contributed by atoms with van der Waals surface area (Å²) >= 11 is 11.8. The van der Waals surface area contributed by atoms with Crippen molar-refractivity contribution in [2.75, 3.05) is 11.9 Å². The van der Waals surface area contributed by atoms with Gasteiger partial charge in [-0.1, -0.05) is 35.3 Å². The number of H-pyrrole nitrogens is 1. The number of ether oxygens (including phenoxy) is 1. The van der Waals surface area contributed by atoms with Crippen LogP contribution in [0.3, 0.4) is 0 Å². The number of imidazole rings is 1. The highest BCUT2D eigenvalue weighted by atomic mass is 35.5. The summed E-state index contributed by atoms with van der Waals surface area (Å²) in [5.74, 6) is 0.371. The van der Waals surface area contributed by atoms with Gasteiger partial charge in [-0.15, -0.1) is 0 Å². The molecule has 22 heavy (non-hydrogen) atoms. The van der Waals surface area contributed by atoms with Gasteiger partial charge in [-0.25, -0.2) is 4.98 Å². The number of nitrogens with zero attached hydrogens (tertiary/aromatic N) is 1. The zero-order chi connectivity index (χ0) is 15.5. The molecule has 0 atom stereocenters. The monoisotopic (exact) mass is 335 g/mol. The van der Waals surface area contributed by atoms with Crippen LogP contribution in [0.2, 0.25) is 10.0 Å². The van der Waals surface area contributed by atoms with Crippen molar-refractivity contribution in [2.45, 2.75) is 0 Å². The number of amides is 1. The molecular weight excluding hydrogens is 325 g/mol. The van der Waals surface area contributed by atoms with Gasteiger partial charge in [-0.2, -0.15) is 0 Å². The molecule has 3 aromatic rings. The van der Waals surface area contributed by atoms with Gasteiger partial charge in [0, 0.05) is 11.1 Å². The van der Waals surface area contributed by atoms with Gasteiger partial charge in [0.15, 0.2) is 6.61 Å². The van der Waals surface area contributed by atoms with Gasteiger partial charge >= 0.3 is 0 Å². The summed E-state index contributed by atoms with van der Waals surface area (Å²) < 4.78 is 5.36. The van der Waals surface area contributed by atoms with E-state index in [1.54, 1.807) is 18.2 Å². The van der Waals surface area contributed by atoms with Crippen LogP contribution < -0.4 is 10.1 Å². The maximum atomic E-state index is 11.9. The number of hydrogen-bond acceptors (Lipinski definition) is 3. The predicted octanol–water partition coefficient (Wildman–Crippen LogP) is 3.89. The molecule has 0 saturated heterocycles. The Morgan fingerprint density at radius 3 is 2.86 bits per heavy atom. The summed E-state index contributed by atoms with van der Waals surface area (Å²) in [4.78, 5) is 19.1. The summed E-state index contributed by atoms with van der Waals surface area (Å²) in [7, 11) is 0. The average Bonchev–Trinajstić information content (AvgIpc) is 2.90. The third-order valence-electron chi connectivity index (χ3n) is 2.90. The number of nitrogens with one attached hydrogen (secondary N) is 2. The number of aromatic nitrogens is 2. The number of para-hydroxylation sites is 2. The molecular formula is C15H11Cl2N3O2. The molecule has 3 rings (SSSR count). The number of carbonyl (C=O) groups excluding carboxylic acids is 1. The first-order chi connectivity index (χ1) is 10.6. The largest absolute Gasteiger partial charge is 0.482 e. The molecule has 0 fully saturated rings. The highest BCUT2D eigenvalue weighted by Gasteiger charge is 2.09. The van der Waals surface area contributed by atoms with E-state index in [-0.39, 0.29) is 12.5 Å². The number of carbonyl (C=O) groups is 1. The topological polar surface area (TPSA) is 67.0 Å².